The number of para-hydroxylation sites is 1. The van der Waals surface area contributed by atoms with Crippen LogP contribution < -0.4 is 4.72 Å². The van der Waals surface area contributed by atoms with Crippen LogP contribution in [0.1, 0.15) is 18.4 Å². The SMILES string of the molecule is CCc1ccccc1NS(=O)(=O)c1ccc(-c2nnc(C)o2)s1. The molecule has 120 valence electrons. The smallest absolute Gasteiger partial charge is 0.271 e. The number of hydrogen-bond donors (Lipinski definition) is 1. The third kappa shape index (κ3) is 3.27. The maximum absolute atomic E-state index is 12.6. The Kier molecular flexibility index (Phi) is 4.18. The van der Waals surface area contributed by atoms with Gasteiger partial charge in [0.2, 0.25) is 5.89 Å². The number of rotatable bonds is 5. The molecule has 3 aromatic rings. The normalized spacial score (nSPS) is 11.6. The van der Waals surface area contributed by atoms with E-state index in [-0.39, 0.29) is 4.21 Å². The molecule has 0 unspecified atom stereocenters. The van der Waals surface area contributed by atoms with Crippen LogP contribution in [0.15, 0.2) is 45.0 Å². The van der Waals surface area contributed by atoms with Crippen LogP contribution in [0.2, 0.25) is 0 Å². The van der Waals surface area contributed by atoms with Gasteiger partial charge in [-0.25, -0.2) is 8.42 Å². The van der Waals surface area contributed by atoms with Gasteiger partial charge in [-0.3, -0.25) is 4.72 Å². The molecule has 3 rings (SSSR count). The van der Waals surface area contributed by atoms with Crippen LogP contribution in [0.3, 0.4) is 0 Å². The van der Waals surface area contributed by atoms with E-state index in [0.29, 0.717) is 22.3 Å². The lowest BCUT2D eigenvalue weighted by Crippen LogP contribution is -2.12. The van der Waals surface area contributed by atoms with Gasteiger partial charge in [-0.1, -0.05) is 25.1 Å². The second kappa shape index (κ2) is 6.13. The molecule has 6 nitrogen and oxygen atoms in total. The predicted octanol–water partition coefficient (Wildman–Crippen LogP) is 3.47. The van der Waals surface area contributed by atoms with Crippen molar-refractivity contribution in [2.45, 2.75) is 24.5 Å². The van der Waals surface area contributed by atoms with Gasteiger partial charge in [0.1, 0.15) is 4.21 Å². The van der Waals surface area contributed by atoms with Gasteiger partial charge in [-0.2, -0.15) is 0 Å². The van der Waals surface area contributed by atoms with Crippen molar-refractivity contribution >= 4 is 27.0 Å². The predicted molar refractivity (Wildman–Crippen MR) is 89.0 cm³/mol. The van der Waals surface area contributed by atoms with E-state index in [9.17, 15) is 8.42 Å². The van der Waals surface area contributed by atoms with Gasteiger partial charge in [-0.15, -0.1) is 21.5 Å². The summed E-state index contributed by atoms with van der Waals surface area (Å²) >= 11 is 1.09. The quantitative estimate of drug-likeness (QED) is 0.762. The first-order valence-electron chi connectivity index (χ1n) is 7.00. The number of nitrogens with one attached hydrogen (secondary N) is 1. The zero-order valence-electron chi connectivity index (χ0n) is 12.6. The fourth-order valence-corrected chi connectivity index (χ4v) is 4.43. The highest BCUT2D eigenvalue weighted by molar-refractivity contribution is 7.94. The third-order valence-electron chi connectivity index (χ3n) is 3.23. The van der Waals surface area contributed by atoms with E-state index < -0.39 is 10.0 Å². The van der Waals surface area contributed by atoms with Crippen LogP contribution in [0.4, 0.5) is 5.69 Å². The Bertz CT molecular complexity index is 929. The van der Waals surface area contributed by atoms with E-state index in [0.717, 1.165) is 23.3 Å². The first-order chi connectivity index (χ1) is 11.0. The fourth-order valence-electron chi connectivity index (χ4n) is 2.10. The van der Waals surface area contributed by atoms with Crippen molar-refractivity contribution in [3.63, 3.8) is 0 Å². The standard InChI is InChI=1S/C15H15N3O3S2/c1-3-11-6-4-5-7-12(11)18-23(19,20)14-9-8-13(22-14)15-17-16-10(2)21-15/h4-9,18H,3H2,1-2H3. The zero-order chi connectivity index (χ0) is 16.4. The first kappa shape index (κ1) is 15.7. The zero-order valence-corrected chi connectivity index (χ0v) is 14.2. The molecule has 0 amide bonds. The highest BCUT2D eigenvalue weighted by atomic mass is 32.2. The summed E-state index contributed by atoms with van der Waals surface area (Å²) in [5, 5.41) is 7.65. The van der Waals surface area contributed by atoms with Crippen LogP contribution in [-0.2, 0) is 16.4 Å². The van der Waals surface area contributed by atoms with E-state index in [1.807, 2.05) is 19.1 Å². The minimum atomic E-state index is -3.65. The van der Waals surface area contributed by atoms with Gasteiger partial charge in [0.25, 0.3) is 15.9 Å². The summed E-state index contributed by atoms with van der Waals surface area (Å²) in [6.45, 7) is 3.67. The Morgan fingerprint density at radius 1 is 1.17 bits per heavy atom. The molecule has 0 fully saturated rings. The topological polar surface area (TPSA) is 85.1 Å². The monoisotopic (exact) mass is 349 g/mol. The summed E-state index contributed by atoms with van der Waals surface area (Å²) in [7, 11) is -3.65. The van der Waals surface area contributed by atoms with Crippen molar-refractivity contribution in [3.8, 4) is 10.8 Å². The number of thiophene rings is 1. The largest absolute Gasteiger partial charge is 0.420 e. The molecule has 1 N–H and O–H groups in total. The van der Waals surface area contributed by atoms with Crippen molar-refractivity contribution in [3.05, 3.63) is 47.9 Å². The average Bonchev–Trinajstić information content (AvgIpc) is 3.16. The molecule has 0 aliphatic rings. The van der Waals surface area contributed by atoms with E-state index in [1.165, 1.54) is 6.07 Å². The molecule has 1 aromatic carbocycles. The summed E-state index contributed by atoms with van der Waals surface area (Å²) in [6, 6.07) is 10.6. The second-order valence-electron chi connectivity index (χ2n) is 4.86. The second-order valence-corrected chi connectivity index (χ2v) is 7.85. The Labute approximate surface area is 138 Å². The van der Waals surface area contributed by atoms with Gasteiger partial charge in [0.15, 0.2) is 0 Å². The molecule has 2 heterocycles. The number of aromatic nitrogens is 2. The lowest BCUT2D eigenvalue weighted by atomic mass is 10.1. The van der Waals surface area contributed by atoms with E-state index in [1.54, 1.807) is 25.1 Å². The van der Waals surface area contributed by atoms with Gasteiger partial charge >= 0.3 is 0 Å². The Morgan fingerprint density at radius 3 is 2.65 bits per heavy atom. The number of anilines is 1. The molecular formula is C15H15N3O3S2. The molecule has 0 bridgehead atoms. The van der Waals surface area contributed by atoms with Crippen LogP contribution in [0.5, 0.6) is 0 Å². The van der Waals surface area contributed by atoms with Crippen molar-refractivity contribution in [2.75, 3.05) is 4.72 Å². The van der Waals surface area contributed by atoms with Gasteiger partial charge in [0, 0.05) is 6.92 Å². The molecule has 0 saturated carbocycles. The van der Waals surface area contributed by atoms with Crippen molar-refractivity contribution < 1.29 is 12.8 Å². The molecule has 8 heteroatoms. The number of benzene rings is 1. The summed E-state index contributed by atoms with van der Waals surface area (Å²) in [6.07, 6.45) is 0.746. The minimum Gasteiger partial charge on any atom is -0.420 e. The average molecular weight is 349 g/mol. The fraction of sp³-hybridized carbons (Fsp3) is 0.200. The van der Waals surface area contributed by atoms with Crippen LogP contribution in [0.25, 0.3) is 10.8 Å². The number of nitrogens with zero attached hydrogens (tertiary/aromatic N) is 2. The molecule has 2 aromatic heterocycles. The van der Waals surface area contributed by atoms with Gasteiger partial charge in [0.05, 0.1) is 10.6 Å². The Morgan fingerprint density at radius 2 is 1.96 bits per heavy atom. The number of sulfonamides is 1. The Balaban J connectivity index is 1.90. The summed E-state index contributed by atoms with van der Waals surface area (Å²) in [5.41, 5.74) is 1.54. The summed E-state index contributed by atoms with van der Waals surface area (Å²) in [4.78, 5) is 0.620. The van der Waals surface area contributed by atoms with Crippen molar-refractivity contribution in [1.29, 1.82) is 0 Å². The molecule has 0 radical (unpaired) electrons. The van der Waals surface area contributed by atoms with Crippen molar-refractivity contribution in [2.24, 2.45) is 0 Å². The molecule has 0 saturated heterocycles. The van der Waals surface area contributed by atoms with Gasteiger partial charge < -0.3 is 4.42 Å². The number of hydrogen-bond acceptors (Lipinski definition) is 6. The highest BCUT2D eigenvalue weighted by Crippen LogP contribution is 2.31. The maximum atomic E-state index is 12.6. The molecule has 0 spiro atoms. The highest BCUT2D eigenvalue weighted by Gasteiger charge is 2.20. The van der Waals surface area contributed by atoms with Crippen molar-refractivity contribution in [1.82, 2.24) is 10.2 Å². The number of aryl methyl sites for hydroxylation is 2. The lowest BCUT2D eigenvalue weighted by Gasteiger charge is -2.10. The van der Waals surface area contributed by atoms with Crippen LogP contribution in [0, 0.1) is 6.92 Å². The maximum Gasteiger partial charge on any atom is 0.271 e. The molecule has 23 heavy (non-hydrogen) atoms. The summed E-state index contributed by atoms with van der Waals surface area (Å²) in [5.74, 6) is 0.760. The minimum absolute atomic E-state index is 0.203. The van der Waals surface area contributed by atoms with E-state index in [2.05, 4.69) is 14.9 Å². The molecule has 0 aliphatic heterocycles. The first-order valence-corrected chi connectivity index (χ1v) is 9.30. The third-order valence-corrected chi connectivity index (χ3v) is 6.16. The van der Waals surface area contributed by atoms with E-state index >= 15 is 0 Å². The molecule has 0 atom stereocenters. The lowest BCUT2D eigenvalue weighted by molar-refractivity contribution is 0.534. The van der Waals surface area contributed by atoms with E-state index in [4.69, 9.17) is 4.42 Å². The van der Waals surface area contributed by atoms with Gasteiger partial charge in [-0.05, 0) is 30.2 Å². The van der Waals surface area contributed by atoms with Crippen LogP contribution >= 0.6 is 11.3 Å². The molecular weight excluding hydrogens is 334 g/mol. The molecule has 0 aliphatic carbocycles. The summed E-state index contributed by atoms with van der Waals surface area (Å²) < 4.78 is 33.3. The van der Waals surface area contributed by atoms with Crippen LogP contribution in [-0.4, -0.2) is 18.6 Å². The Hall–Kier alpha value is -2.19.